The number of rotatable bonds is 4. The van der Waals surface area contributed by atoms with E-state index in [0.29, 0.717) is 11.1 Å². The van der Waals surface area contributed by atoms with E-state index in [-0.39, 0.29) is 0 Å². The van der Waals surface area contributed by atoms with Crippen molar-refractivity contribution in [1.29, 1.82) is 0 Å². The van der Waals surface area contributed by atoms with E-state index in [1.54, 1.807) is 48.5 Å². The van der Waals surface area contributed by atoms with Crippen LogP contribution >= 0.6 is 0 Å². The van der Waals surface area contributed by atoms with Crippen molar-refractivity contribution in [3.8, 4) is 0 Å². The van der Waals surface area contributed by atoms with Crippen LogP contribution in [-0.2, 0) is 10.2 Å². The van der Waals surface area contributed by atoms with Crippen LogP contribution in [0, 0.1) is 0 Å². The maximum atomic E-state index is 11.6. The zero-order valence-electron chi connectivity index (χ0n) is 10.0. The third kappa shape index (κ3) is 4.48. The summed E-state index contributed by atoms with van der Waals surface area (Å²) >= 11 is 0. The van der Waals surface area contributed by atoms with E-state index in [0.717, 1.165) is 0 Å². The zero-order valence-corrected chi connectivity index (χ0v) is 10.9. The van der Waals surface area contributed by atoms with Gasteiger partial charge in [-0.2, -0.15) is 17.2 Å². The second-order valence-electron chi connectivity index (χ2n) is 3.74. The fraction of sp³-hybridized carbons (Fsp3) is 0. The first-order valence-corrected chi connectivity index (χ1v) is 7.01. The smallest absolute Gasteiger partial charge is 0.179 e. The molecule has 2 aromatic carbocycles. The van der Waals surface area contributed by atoms with E-state index in [1.165, 1.54) is 12.4 Å². The molecule has 0 radical (unpaired) electrons. The van der Waals surface area contributed by atoms with Gasteiger partial charge in [-0.25, -0.2) is 0 Å². The van der Waals surface area contributed by atoms with Gasteiger partial charge >= 0.3 is 10.2 Å². The first-order valence-electron chi connectivity index (χ1n) is 5.61. The van der Waals surface area contributed by atoms with Crippen molar-refractivity contribution in [2.75, 3.05) is 0 Å². The van der Waals surface area contributed by atoms with E-state index in [2.05, 4.69) is 8.80 Å². The average molecular weight is 272 g/mol. The molecule has 0 spiro atoms. The molecule has 2 aromatic rings. The van der Waals surface area contributed by atoms with Crippen molar-refractivity contribution in [2.24, 2.45) is 8.80 Å². The Bertz CT molecular complexity index is 622. The van der Waals surface area contributed by atoms with Gasteiger partial charge in [0.2, 0.25) is 0 Å². The average Bonchev–Trinajstić information content (AvgIpc) is 2.46. The van der Waals surface area contributed by atoms with Gasteiger partial charge < -0.3 is 0 Å². The number of benzene rings is 2. The Morgan fingerprint density at radius 1 is 0.684 bits per heavy atom. The van der Waals surface area contributed by atoms with Crippen LogP contribution in [-0.4, -0.2) is 20.8 Å². The van der Waals surface area contributed by atoms with Crippen molar-refractivity contribution >= 4 is 22.6 Å². The molecule has 0 amide bonds. The largest absolute Gasteiger partial charge is 0.362 e. The molecule has 0 aromatic heterocycles. The van der Waals surface area contributed by atoms with Crippen LogP contribution in [0.5, 0.6) is 0 Å². The molecule has 0 fully saturated rings. The highest BCUT2D eigenvalue weighted by molar-refractivity contribution is 7.89. The zero-order chi connectivity index (χ0) is 13.6. The number of hydrogen-bond acceptors (Lipinski definition) is 2. The summed E-state index contributed by atoms with van der Waals surface area (Å²) < 4.78 is 30.1. The van der Waals surface area contributed by atoms with Crippen molar-refractivity contribution < 1.29 is 8.42 Å². The van der Waals surface area contributed by atoms with Crippen molar-refractivity contribution in [3.63, 3.8) is 0 Å². The Morgan fingerprint density at radius 3 is 1.42 bits per heavy atom. The maximum absolute atomic E-state index is 11.6. The Hall–Kier alpha value is -2.27. The first-order chi connectivity index (χ1) is 9.16. The molecular weight excluding hydrogens is 260 g/mol. The minimum atomic E-state index is -3.84. The predicted octanol–water partition coefficient (Wildman–Crippen LogP) is 2.47. The molecule has 0 saturated heterocycles. The summed E-state index contributed by atoms with van der Waals surface area (Å²) in [5.41, 5.74) is 1.42. The molecule has 96 valence electrons. The third-order valence-corrected chi connectivity index (χ3v) is 3.01. The van der Waals surface area contributed by atoms with E-state index < -0.39 is 10.2 Å². The Morgan fingerprint density at radius 2 is 1.05 bits per heavy atom. The molecule has 0 aliphatic rings. The summed E-state index contributed by atoms with van der Waals surface area (Å²) in [4.78, 5) is 0. The quantitative estimate of drug-likeness (QED) is 0.803. The van der Waals surface area contributed by atoms with Gasteiger partial charge in [-0.3, -0.25) is 0 Å². The molecule has 5 heteroatoms. The van der Waals surface area contributed by atoms with Gasteiger partial charge in [-0.1, -0.05) is 60.7 Å². The summed E-state index contributed by atoms with van der Waals surface area (Å²) in [5.74, 6) is 0. The van der Waals surface area contributed by atoms with Crippen LogP contribution < -0.4 is 0 Å². The van der Waals surface area contributed by atoms with E-state index in [9.17, 15) is 8.42 Å². The highest BCUT2D eigenvalue weighted by Crippen LogP contribution is 2.00. The molecule has 4 nitrogen and oxygen atoms in total. The summed E-state index contributed by atoms with van der Waals surface area (Å²) in [6, 6.07) is 18.0. The minimum absolute atomic E-state index is 0.709. The van der Waals surface area contributed by atoms with Gasteiger partial charge in [0, 0.05) is 12.4 Å². The lowest BCUT2D eigenvalue weighted by molar-refractivity contribution is 0.600. The van der Waals surface area contributed by atoms with E-state index in [1.807, 2.05) is 12.1 Å². The molecule has 0 unspecified atom stereocenters. The van der Waals surface area contributed by atoms with Crippen LogP contribution in [0.25, 0.3) is 0 Å². The molecule has 19 heavy (non-hydrogen) atoms. The van der Waals surface area contributed by atoms with Crippen LogP contribution in [0.3, 0.4) is 0 Å². The second kappa shape index (κ2) is 6.06. The first kappa shape index (κ1) is 13.2. The van der Waals surface area contributed by atoms with Crippen molar-refractivity contribution in [3.05, 3.63) is 71.8 Å². The summed E-state index contributed by atoms with van der Waals surface area (Å²) in [5, 5.41) is 0. The van der Waals surface area contributed by atoms with Crippen LogP contribution in [0.4, 0.5) is 0 Å². The summed E-state index contributed by atoms with van der Waals surface area (Å²) in [7, 11) is -3.84. The topological polar surface area (TPSA) is 58.9 Å². The predicted molar refractivity (Wildman–Crippen MR) is 77.0 cm³/mol. The standard InChI is InChI=1S/C14H12N2O2S/c17-19(18,15-11-13-7-3-1-4-8-13)16-12-14-9-5-2-6-10-14/h1-12H. The molecule has 2 rings (SSSR count). The maximum Gasteiger partial charge on any atom is 0.362 e. The molecule has 0 aliphatic carbocycles. The SMILES string of the molecule is O=S(=O)(N=Cc1ccccc1)N=Cc1ccccc1. The van der Waals surface area contributed by atoms with Crippen molar-refractivity contribution in [2.45, 2.75) is 0 Å². The van der Waals surface area contributed by atoms with Gasteiger partial charge in [-0.15, -0.1) is 0 Å². The second-order valence-corrected chi connectivity index (χ2v) is 5.06. The Kier molecular flexibility index (Phi) is 4.20. The van der Waals surface area contributed by atoms with Gasteiger partial charge in [0.25, 0.3) is 0 Å². The fourth-order valence-corrected chi connectivity index (χ4v) is 1.92. The lowest BCUT2D eigenvalue weighted by Crippen LogP contribution is -1.93. The van der Waals surface area contributed by atoms with Gasteiger partial charge in [0.1, 0.15) is 0 Å². The van der Waals surface area contributed by atoms with Crippen molar-refractivity contribution in [1.82, 2.24) is 0 Å². The molecule has 0 aliphatic heterocycles. The molecular formula is C14H12N2O2S. The molecule has 0 heterocycles. The van der Waals surface area contributed by atoms with Crippen LogP contribution in [0.1, 0.15) is 11.1 Å². The summed E-state index contributed by atoms with van der Waals surface area (Å²) in [6.07, 6.45) is 2.55. The van der Waals surface area contributed by atoms with Gasteiger partial charge in [0.05, 0.1) is 0 Å². The van der Waals surface area contributed by atoms with Gasteiger partial charge in [-0.05, 0) is 11.1 Å². The highest BCUT2D eigenvalue weighted by atomic mass is 32.2. The number of hydrogen-bond donors (Lipinski definition) is 0. The van der Waals surface area contributed by atoms with E-state index in [4.69, 9.17) is 0 Å². The van der Waals surface area contributed by atoms with E-state index >= 15 is 0 Å². The van der Waals surface area contributed by atoms with Crippen LogP contribution in [0.15, 0.2) is 69.5 Å². The minimum Gasteiger partial charge on any atom is -0.179 e. The lowest BCUT2D eigenvalue weighted by atomic mass is 10.2. The van der Waals surface area contributed by atoms with Crippen LogP contribution in [0.2, 0.25) is 0 Å². The molecule has 0 atom stereocenters. The van der Waals surface area contributed by atoms with Gasteiger partial charge in [0.15, 0.2) is 0 Å². The molecule has 0 N–H and O–H groups in total. The fourth-order valence-electron chi connectivity index (χ4n) is 1.36. The highest BCUT2D eigenvalue weighted by Gasteiger charge is 2.01. The third-order valence-electron chi connectivity index (χ3n) is 2.27. The lowest BCUT2D eigenvalue weighted by Gasteiger charge is -1.92. The summed E-state index contributed by atoms with van der Waals surface area (Å²) in [6.45, 7) is 0. The monoisotopic (exact) mass is 272 g/mol. The molecule has 0 saturated carbocycles. The molecule has 0 bridgehead atoms. The Labute approximate surface area is 112 Å². The number of nitrogens with zero attached hydrogens (tertiary/aromatic N) is 2. The Balaban J connectivity index is 2.12. The normalized spacial score (nSPS) is 12.2.